The van der Waals surface area contributed by atoms with E-state index in [9.17, 15) is 13.2 Å². The second-order valence-corrected chi connectivity index (χ2v) is 6.62. The number of hydrogen-bond acceptors (Lipinski definition) is 4. The molecular weight excluding hydrogens is 232 g/mol. The van der Waals surface area contributed by atoms with Crippen LogP contribution >= 0.6 is 11.3 Å². The third kappa shape index (κ3) is 5.69. The number of carbonyl (C=O) groups is 1. The first kappa shape index (κ1) is 12.4. The molecule has 0 saturated heterocycles. The summed E-state index contributed by atoms with van der Waals surface area (Å²) >= 11 is 1.56. The maximum atomic E-state index is 11.4. The van der Waals surface area contributed by atoms with Gasteiger partial charge in [-0.15, -0.1) is 0 Å². The fourth-order valence-corrected chi connectivity index (χ4v) is 2.58. The first-order chi connectivity index (χ1) is 6.97. The standard InChI is InChI=1S/C10H14O3S2/c1-15(12,13)6-2-3-10(11)7-9-4-5-14-8-9/h4-5,8H,2-3,6-7H2,1H3. The van der Waals surface area contributed by atoms with Crippen molar-refractivity contribution >= 4 is 27.0 Å². The van der Waals surface area contributed by atoms with Crippen LogP contribution in [0.2, 0.25) is 0 Å². The Hall–Kier alpha value is -0.680. The Morgan fingerprint density at radius 3 is 2.73 bits per heavy atom. The second kappa shape index (κ2) is 5.42. The van der Waals surface area contributed by atoms with Crippen molar-refractivity contribution in [1.29, 1.82) is 0 Å². The van der Waals surface area contributed by atoms with E-state index in [-0.39, 0.29) is 11.5 Å². The first-order valence-corrected chi connectivity index (χ1v) is 7.68. The van der Waals surface area contributed by atoms with Gasteiger partial charge in [0.1, 0.15) is 15.6 Å². The summed E-state index contributed by atoms with van der Waals surface area (Å²) in [5.74, 6) is 0.208. The molecule has 84 valence electrons. The van der Waals surface area contributed by atoms with Gasteiger partial charge in [-0.25, -0.2) is 8.42 Å². The van der Waals surface area contributed by atoms with Gasteiger partial charge in [-0.1, -0.05) is 0 Å². The summed E-state index contributed by atoms with van der Waals surface area (Å²) in [5, 5.41) is 3.87. The van der Waals surface area contributed by atoms with Gasteiger partial charge < -0.3 is 0 Å². The Labute approximate surface area is 94.0 Å². The molecule has 0 aromatic carbocycles. The molecule has 1 aromatic heterocycles. The van der Waals surface area contributed by atoms with Crippen molar-refractivity contribution in [3.63, 3.8) is 0 Å². The van der Waals surface area contributed by atoms with Gasteiger partial charge in [0.2, 0.25) is 0 Å². The summed E-state index contributed by atoms with van der Waals surface area (Å²) in [5.41, 5.74) is 1.02. The summed E-state index contributed by atoms with van der Waals surface area (Å²) in [7, 11) is -2.93. The van der Waals surface area contributed by atoms with Gasteiger partial charge in [0.05, 0.1) is 5.75 Å². The highest BCUT2D eigenvalue weighted by Gasteiger charge is 2.07. The molecule has 0 bridgehead atoms. The van der Waals surface area contributed by atoms with Gasteiger partial charge in [0.15, 0.2) is 0 Å². The van der Waals surface area contributed by atoms with Crippen molar-refractivity contribution in [1.82, 2.24) is 0 Å². The van der Waals surface area contributed by atoms with E-state index in [1.807, 2.05) is 16.8 Å². The highest BCUT2D eigenvalue weighted by atomic mass is 32.2. The van der Waals surface area contributed by atoms with Gasteiger partial charge in [0, 0.05) is 19.1 Å². The van der Waals surface area contributed by atoms with Gasteiger partial charge in [-0.3, -0.25) is 4.79 Å². The molecule has 0 aliphatic heterocycles. The highest BCUT2D eigenvalue weighted by Crippen LogP contribution is 2.08. The Morgan fingerprint density at radius 1 is 1.47 bits per heavy atom. The summed E-state index contributed by atoms with van der Waals surface area (Å²) in [6.45, 7) is 0. The number of hydrogen-bond donors (Lipinski definition) is 0. The van der Waals surface area contributed by atoms with E-state index in [2.05, 4.69) is 0 Å². The Morgan fingerprint density at radius 2 is 2.20 bits per heavy atom. The van der Waals surface area contributed by atoms with Crippen LogP contribution in [-0.4, -0.2) is 26.2 Å². The van der Waals surface area contributed by atoms with Crippen LogP contribution in [0.25, 0.3) is 0 Å². The van der Waals surface area contributed by atoms with E-state index >= 15 is 0 Å². The Kier molecular flexibility index (Phi) is 4.47. The first-order valence-electron chi connectivity index (χ1n) is 4.68. The lowest BCUT2D eigenvalue weighted by atomic mass is 10.1. The smallest absolute Gasteiger partial charge is 0.147 e. The van der Waals surface area contributed by atoms with Crippen molar-refractivity contribution in [3.8, 4) is 0 Å². The average Bonchev–Trinajstić information content (AvgIpc) is 2.54. The van der Waals surface area contributed by atoms with Crippen LogP contribution in [0.4, 0.5) is 0 Å². The molecule has 5 heteroatoms. The zero-order chi connectivity index (χ0) is 11.3. The molecule has 0 amide bonds. The minimum Gasteiger partial charge on any atom is -0.299 e. The van der Waals surface area contributed by atoms with Gasteiger partial charge >= 0.3 is 0 Å². The molecule has 0 saturated carbocycles. The van der Waals surface area contributed by atoms with E-state index in [0.717, 1.165) is 5.56 Å². The monoisotopic (exact) mass is 246 g/mol. The lowest BCUT2D eigenvalue weighted by Gasteiger charge is -1.98. The van der Waals surface area contributed by atoms with Gasteiger partial charge in [-0.2, -0.15) is 11.3 Å². The van der Waals surface area contributed by atoms with E-state index < -0.39 is 9.84 Å². The third-order valence-electron chi connectivity index (χ3n) is 1.95. The molecule has 0 fully saturated rings. The SMILES string of the molecule is CS(=O)(=O)CCCC(=O)Cc1ccsc1. The second-order valence-electron chi connectivity index (χ2n) is 3.58. The largest absolute Gasteiger partial charge is 0.299 e. The van der Waals surface area contributed by atoms with Crippen molar-refractivity contribution in [2.75, 3.05) is 12.0 Å². The zero-order valence-corrected chi connectivity index (χ0v) is 10.2. The van der Waals surface area contributed by atoms with Crippen LogP contribution < -0.4 is 0 Å². The van der Waals surface area contributed by atoms with Crippen LogP contribution in [0.3, 0.4) is 0 Å². The maximum absolute atomic E-state index is 11.4. The number of thiophene rings is 1. The zero-order valence-electron chi connectivity index (χ0n) is 8.60. The van der Waals surface area contributed by atoms with Crippen LogP contribution in [0.5, 0.6) is 0 Å². The summed E-state index contributed by atoms with van der Waals surface area (Å²) in [6, 6.07) is 1.92. The third-order valence-corrected chi connectivity index (χ3v) is 3.71. The van der Waals surface area contributed by atoms with E-state index in [0.29, 0.717) is 19.3 Å². The molecule has 0 unspecified atom stereocenters. The van der Waals surface area contributed by atoms with Crippen LogP contribution in [0.1, 0.15) is 18.4 Å². The minimum atomic E-state index is -2.93. The van der Waals surface area contributed by atoms with Crippen LogP contribution in [0.15, 0.2) is 16.8 Å². The fourth-order valence-electron chi connectivity index (χ4n) is 1.24. The van der Waals surface area contributed by atoms with Gasteiger partial charge in [0.25, 0.3) is 0 Å². The molecule has 15 heavy (non-hydrogen) atoms. The fraction of sp³-hybridized carbons (Fsp3) is 0.500. The van der Waals surface area contributed by atoms with E-state index in [4.69, 9.17) is 0 Å². The van der Waals surface area contributed by atoms with Crippen LogP contribution in [0, 0.1) is 0 Å². The van der Waals surface area contributed by atoms with Crippen molar-refractivity contribution < 1.29 is 13.2 Å². The lowest BCUT2D eigenvalue weighted by Crippen LogP contribution is -2.07. The number of Topliss-reactive ketones (excluding diaryl/α,β-unsaturated/α-hetero) is 1. The number of rotatable bonds is 6. The molecule has 0 spiro atoms. The predicted octanol–water partition coefficient (Wildman–Crippen LogP) is 1.68. The number of ketones is 1. The molecule has 0 atom stereocenters. The molecule has 1 aromatic rings. The number of carbonyl (C=O) groups excluding carboxylic acids is 1. The molecule has 1 heterocycles. The van der Waals surface area contributed by atoms with Crippen LogP contribution in [-0.2, 0) is 21.1 Å². The normalized spacial score (nSPS) is 11.5. The molecule has 1 rings (SSSR count). The van der Waals surface area contributed by atoms with E-state index in [1.54, 1.807) is 11.3 Å². The van der Waals surface area contributed by atoms with Crippen molar-refractivity contribution in [2.24, 2.45) is 0 Å². The summed E-state index contributed by atoms with van der Waals surface area (Å²) in [4.78, 5) is 11.4. The highest BCUT2D eigenvalue weighted by molar-refractivity contribution is 7.90. The summed E-state index contributed by atoms with van der Waals surface area (Å²) < 4.78 is 21.6. The molecule has 0 aliphatic carbocycles. The van der Waals surface area contributed by atoms with E-state index in [1.165, 1.54) is 6.26 Å². The predicted molar refractivity (Wildman–Crippen MR) is 62.0 cm³/mol. The molecule has 0 aliphatic rings. The topological polar surface area (TPSA) is 51.2 Å². The molecule has 3 nitrogen and oxygen atoms in total. The average molecular weight is 246 g/mol. The van der Waals surface area contributed by atoms with Crippen molar-refractivity contribution in [3.05, 3.63) is 22.4 Å². The maximum Gasteiger partial charge on any atom is 0.147 e. The number of sulfone groups is 1. The quantitative estimate of drug-likeness (QED) is 0.767. The molecule has 0 radical (unpaired) electrons. The molecular formula is C10H14O3S2. The Bertz CT molecular complexity index is 404. The lowest BCUT2D eigenvalue weighted by molar-refractivity contribution is -0.118. The van der Waals surface area contributed by atoms with Gasteiger partial charge in [-0.05, 0) is 28.8 Å². The molecule has 0 N–H and O–H groups in total. The minimum absolute atomic E-state index is 0.0996. The van der Waals surface area contributed by atoms with Crippen molar-refractivity contribution in [2.45, 2.75) is 19.3 Å². The summed E-state index contributed by atoms with van der Waals surface area (Å²) in [6.07, 6.45) is 2.40. The Balaban J connectivity index is 2.26.